The van der Waals surface area contributed by atoms with Crippen molar-refractivity contribution in [3.63, 3.8) is 0 Å². The van der Waals surface area contributed by atoms with Crippen LogP contribution in [0.25, 0.3) is 10.9 Å². The van der Waals surface area contributed by atoms with Crippen LogP contribution in [0.1, 0.15) is 13.8 Å². The quantitative estimate of drug-likeness (QED) is 0.830. The van der Waals surface area contributed by atoms with Gasteiger partial charge in [-0.1, -0.05) is 18.2 Å². The van der Waals surface area contributed by atoms with Crippen molar-refractivity contribution < 1.29 is 0 Å². The molecule has 3 heteroatoms. The lowest BCUT2D eigenvalue weighted by Gasteiger charge is -2.18. The van der Waals surface area contributed by atoms with Gasteiger partial charge in [0.2, 0.25) is 0 Å². The molecule has 0 atom stereocenters. The maximum absolute atomic E-state index is 8.94. The topological polar surface area (TPSA) is 48.7 Å². The first-order valence-corrected chi connectivity index (χ1v) is 5.15. The third kappa shape index (κ3) is 2.12. The van der Waals surface area contributed by atoms with Crippen LogP contribution in [0.5, 0.6) is 0 Å². The van der Waals surface area contributed by atoms with E-state index < -0.39 is 5.54 Å². The van der Waals surface area contributed by atoms with Crippen molar-refractivity contribution in [3.8, 4) is 6.07 Å². The minimum atomic E-state index is -0.579. The fourth-order valence-electron chi connectivity index (χ4n) is 1.53. The summed E-state index contributed by atoms with van der Waals surface area (Å²) in [6.45, 7) is 3.67. The van der Waals surface area contributed by atoms with E-state index in [1.54, 1.807) is 6.20 Å². The van der Waals surface area contributed by atoms with E-state index in [9.17, 15) is 0 Å². The van der Waals surface area contributed by atoms with E-state index in [0.717, 1.165) is 16.6 Å². The first kappa shape index (κ1) is 10.4. The van der Waals surface area contributed by atoms with Gasteiger partial charge in [-0.2, -0.15) is 5.26 Å². The molecule has 0 aliphatic heterocycles. The Labute approximate surface area is 94.7 Å². The number of para-hydroxylation sites is 1. The minimum absolute atomic E-state index is 0.579. The second-order valence-corrected chi connectivity index (χ2v) is 4.28. The van der Waals surface area contributed by atoms with Gasteiger partial charge in [0.15, 0.2) is 0 Å². The van der Waals surface area contributed by atoms with Crippen molar-refractivity contribution in [2.24, 2.45) is 0 Å². The summed E-state index contributed by atoms with van der Waals surface area (Å²) < 4.78 is 0. The van der Waals surface area contributed by atoms with Crippen LogP contribution in [0.15, 0.2) is 36.5 Å². The van der Waals surface area contributed by atoms with Gasteiger partial charge in [0, 0.05) is 5.39 Å². The summed E-state index contributed by atoms with van der Waals surface area (Å²) in [5, 5.41) is 13.1. The number of hydrogen-bond donors (Lipinski definition) is 1. The summed E-state index contributed by atoms with van der Waals surface area (Å²) in [5.41, 5.74) is 1.25. The highest BCUT2D eigenvalue weighted by Crippen LogP contribution is 2.19. The van der Waals surface area contributed by atoms with Gasteiger partial charge < -0.3 is 5.32 Å². The Kier molecular flexibility index (Phi) is 2.49. The molecule has 0 aliphatic carbocycles. The highest BCUT2D eigenvalue weighted by atomic mass is 15.0. The molecule has 1 aromatic heterocycles. The van der Waals surface area contributed by atoms with Crippen LogP contribution in [0.4, 0.5) is 5.69 Å². The number of pyridine rings is 1. The standard InChI is InChI=1S/C13H13N3/c1-13(2,9-14)16-11-7-10-5-3-4-6-12(10)15-8-11/h3-8,16H,1-2H3. The fourth-order valence-corrected chi connectivity index (χ4v) is 1.53. The molecule has 1 N–H and O–H groups in total. The van der Waals surface area contributed by atoms with Crippen LogP contribution in [0, 0.1) is 11.3 Å². The maximum atomic E-state index is 8.94. The SMILES string of the molecule is CC(C)(C#N)Nc1cnc2ccccc2c1. The van der Waals surface area contributed by atoms with Gasteiger partial charge in [-0.05, 0) is 26.0 Å². The zero-order chi connectivity index (χ0) is 11.6. The van der Waals surface area contributed by atoms with Crippen LogP contribution >= 0.6 is 0 Å². The second-order valence-electron chi connectivity index (χ2n) is 4.28. The van der Waals surface area contributed by atoms with Crippen molar-refractivity contribution >= 4 is 16.6 Å². The molecule has 16 heavy (non-hydrogen) atoms. The van der Waals surface area contributed by atoms with E-state index in [1.165, 1.54) is 0 Å². The molecule has 0 aliphatic rings. The van der Waals surface area contributed by atoms with E-state index >= 15 is 0 Å². The molecule has 1 heterocycles. The van der Waals surface area contributed by atoms with Crippen LogP contribution in [0.3, 0.4) is 0 Å². The third-order valence-electron chi connectivity index (χ3n) is 2.33. The van der Waals surface area contributed by atoms with E-state index in [0.29, 0.717) is 0 Å². The molecule has 0 fully saturated rings. The predicted molar refractivity (Wildman–Crippen MR) is 65.1 cm³/mol. The fraction of sp³-hybridized carbons (Fsp3) is 0.231. The largest absolute Gasteiger partial charge is 0.367 e. The van der Waals surface area contributed by atoms with Crippen molar-refractivity contribution in [3.05, 3.63) is 36.5 Å². The van der Waals surface area contributed by atoms with Crippen molar-refractivity contribution in [2.45, 2.75) is 19.4 Å². The second kappa shape index (κ2) is 3.82. The average molecular weight is 211 g/mol. The van der Waals surface area contributed by atoms with Crippen LogP contribution < -0.4 is 5.32 Å². The molecule has 0 amide bonds. The van der Waals surface area contributed by atoms with Gasteiger partial charge >= 0.3 is 0 Å². The normalized spacial score (nSPS) is 11.1. The smallest absolute Gasteiger partial charge is 0.119 e. The van der Waals surface area contributed by atoms with E-state index in [1.807, 2.05) is 44.2 Å². The van der Waals surface area contributed by atoms with Crippen molar-refractivity contribution in [1.82, 2.24) is 4.98 Å². The molecular weight excluding hydrogens is 198 g/mol. The Hall–Kier alpha value is -2.08. The molecule has 0 saturated heterocycles. The highest BCUT2D eigenvalue weighted by Gasteiger charge is 2.15. The van der Waals surface area contributed by atoms with Gasteiger partial charge in [0.05, 0.1) is 23.5 Å². The first-order chi connectivity index (χ1) is 7.61. The number of nitrogens with one attached hydrogen (secondary N) is 1. The average Bonchev–Trinajstić information content (AvgIpc) is 2.28. The number of nitrogens with zero attached hydrogens (tertiary/aromatic N) is 2. The molecule has 2 rings (SSSR count). The lowest BCUT2D eigenvalue weighted by molar-refractivity contribution is 0.728. The lowest BCUT2D eigenvalue weighted by Crippen LogP contribution is -2.28. The third-order valence-corrected chi connectivity index (χ3v) is 2.33. The summed E-state index contributed by atoms with van der Waals surface area (Å²) in [5.74, 6) is 0. The Balaban J connectivity index is 2.37. The van der Waals surface area contributed by atoms with E-state index in [4.69, 9.17) is 5.26 Å². The summed E-state index contributed by atoms with van der Waals surface area (Å²) in [7, 11) is 0. The molecule has 2 aromatic rings. The summed E-state index contributed by atoms with van der Waals surface area (Å²) in [6.07, 6.45) is 1.75. The number of benzene rings is 1. The molecule has 80 valence electrons. The number of hydrogen-bond acceptors (Lipinski definition) is 3. The Morgan fingerprint density at radius 1 is 1.31 bits per heavy atom. The minimum Gasteiger partial charge on any atom is -0.367 e. The lowest BCUT2D eigenvalue weighted by atomic mass is 10.1. The summed E-state index contributed by atoms with van der Waals surface area (Å²) in [4.78, 5) is 4.33. The number of rotatable bonds is 2. The molecule has 1 aromatic carbocycles. The Morgan fingerprint density at radius 3 is 2.81 bits per heavy atom. The van der Waals surface area contributed by atoms with Crippen molar-refractivity contribution in [1.29, 1.82) is 5.26 Å². The van der Waals surface area contributed by atoms with Gasteiger partial charge in [0.25, 0.3) is 0 Å². The Bertz CT molecular complexity index is 552. The molecular formula is C13H13N3. The Morgan fingerprint density at radius 2 is 2.06 bits per heavy atom. The number of anilines is 1. The van der Waals surface area contributed by atoms with Crippen molar-refractivity contribution in [2.75, 3.05) is 5.32 Å². The summed E-state index contributed by atoms with van der Waals surface area (Å²) in [6, 6.07) is 12.1. The van der Waals surface area contributed by atoms with Crippen LogP contribution in [0.2, 0.25) is 0 Å². The van der Waals surface area contributed by atoms with Crippen LogP contribution in [-0.2, 0) is 0 Å². The first-order valence-electron chi connectivity index (χ1n) is 5.15. The number of fused-ring (bicyclic) bond motifs is 1. The molecule has 3 nitrogen and oxygen atoms in total. The molecule has 0 bridgehead atoms. The molecule has 0 saturated carbocycles. The number of nitriles is 1. The van der Waals surface area contributed by atoms with Gasteiger partial charge in [0.1, 0.15) is 5.54 Å². The zero-order valence-electron chi connectivity index (χ0n) is 9.36. The number of aromatic nitrogens is 1. The van der Waals surface area contributed by atoms with Crippen LogP contribution in [-0.4, -0.2) is 10.5 Å². The van der Waals surface area contributed by atoms with Gasteiger partial charge in [-0.25, -0.2) is 0 Å². The molecule has 0 spiro atoms. The van der Waals surface area contributed by atoms with Gasteiger partial charge in [-0.15, -0.1) is 0 Å². The molecule has 0 unspecified atom stereocenters. The van der Waals surface area contributed by atoms with E-state index in [2.05, 4.69) is 16.4 Å². The predicted octanol–water partition coefficient (Wildman–Crippen LogP) is 2.95. The molecule has 0 radical (unpaired) electrons. The monoisotopic (exact) mass is 211 g/mol. The van der Waals surface area contributed by atoms with E-state index in [-0.39, 0.29) is 0 Å². The highest BCUT2D eigenvalue weighted by molar-refractivity contribution is 5.81. The van der Waals surface area contributed by atoms with Gasteiger partial charge in [-0.3, -0.25) is 4.98 Å². The summed E-state index contributed by atoms with van der Waals surface area (Å²) >= 11 is 0. The zero-order valence-corrected chi connectivity index (χ0v) is 9.36. The maximum Gasteiger partial charge on any atom is 0.119 e.